The van der Waals surface area contributed by atoms with Crippen LogP contribution in [0.3, 0.4) is 0 Å². The number of halogens is 1. The van der Waals surface area contributed by atoms with Crippen LogP contribution in [0.25, 0.3) is 0 Å². The Labute approximate surface area is 172 Å². The Morgan fingerprint density at radius 3 is 2.57 bits per heavy atom. The molecule has 2 aliphatic heterocycles. The van der Waals surface area contributed by atoms with Gasteiger partial charge in [0.05, 0.1) is 13.7 Å². The predicted molar refractivity (Wildman–Crippen MR) is 112 cm³/mol. The van der Waals surface area contributed by atoms with Gasteiger partial charge in [0, 0.05) is 18.0 Å². The van der Waals surface area contributed by atoms with Gasteiger partial charge in [0.15, 0.2) is 0 Å². The van der Waals surface area contributed by atoms with E-state index in [-0.39, 0.29) is 18.3 Å². The Kier molecular flexibility index (Phi) is 6.81. The molecule has 5 nitrogen and oxygen atoms in total. The molecule has 2 aliphatic rings. The van der Waals surface area contributed by atoms with E-state index in [0.717, 1.165) is 48.6 Å². The van der Waals surface area contributed by atoms with Crippen LogP contribution in [0.2, 0.25) is 0 Å². The Balaban J connectivity index is 0.00000225. The van der Waals surface area contributed by atoms with E-state index < -0.39 is 0 Å². The number of ether oxygens (including phenoxy) is 2. The zero-order valence-corrected chi connectivity index (χ0v) is 16.9. The third kappa shape index (κ3) is 4.42. The number of hydrogen-bond donors (Lipinski definition) is 2. The summed E-state index contributed by atoms with van der Waals surface area (Å²) >= 11 is 0. The lowest BCUT2D eigenvalue weighted by Gasteiger charge is -2.25. The molecule has 0 aliphatic carbocycles. The largest absolute Gasteiger partial charge is 0.497 e. The summed E-state index contributed by atoms with van der Waals surface area (Å²) in [5.74, 6) is 2.52. The molecule has 0 saturated carbocycles. The van der Waals surface area contributed by atoms with Crippen LogP contribution in [-0.2, 0) is 6.54 Å². The first-order chi connectivity index (χ1) is 13.2. The van der Waals surface area contributed by atoms with Crippen molar-refractivity contribution < 1.29 is 14.3 Å². The standard InChI is InChI=1S/C22H26N2O3.ClH/c1-26-18-5-2-15(3-6-18)20-9-11-23-10-8-17(20)14-27-19-7-4-16-13-24-22(25)21(16)12-19;/h2-7,12,17,20,23H,8-11,13-14H2,1H3,(H,24,25);1H/t17-,20-;/m0./s1. The number of rotatable bonds is 5. The third-order valence-corrected chi connectivity index (χ3v) is 5.67. The van der Waals surface area contributed by atoms with Crippen molar-refractivity contribution in [3.63, 3.8) is 0 Å². The number of fused-ring (bicyclic) bond motifs is 1. The monoisotopic (exact) mass is 402 g/mol. The fourth-order valence-electron chi connectivity index (χ4n) is 4.08. The van der Waals surface area contributed by atoms with Gasteiger partial charge >= 0.3 is 0 Å². The molecule has 6 heteroatoms. The van der Waals surface area contributed by atoms with Crippen LogP contribution in [0, 0.1) is 5.92 Å². The molecule has 0 unspecified atom stereocenters. The van der Waals surface area contributed by atoms with E-state index in [1.54, 1.807) is 7.11 Å². The van der Waals surface area contributed by atoms with Crippen molar-refractivity contribution in [2.24, 2.45) is 5.92 Å². The molecule has 1 saturated heterocycles. The quantitative estimate of drug-likeness (QED) is 0.803. The summed E-state index contributed by atoms with van der Waals surface area (Å²) in [5, 5.41) is 6.36. The lowest BCUT2D eigenvalue weighted by atomic mass is 9.83. The number of benzene rings is 2. The highest BCUT2D eigenvalue weighted by atomic mass is 35.5. The van der Waals surface area contributed by atoms with Gasteiger partial charge in [-0.2, -0.15) is 0 Å². The van der Waals surface area contributed by atoms with Crippen molar-refractivity contribution in [1.82, 2.24) is 10.6 Å². The van der Waals surface area contributed by atoms with Gasteiger partial charge in [-0.3, -0.25) is 4.79 Å². The van der Waals surface area contributed by atoms with Crippen LogP contribution >= 0.6 is 12.4 Å². The van der Waals surface area contributed by atoms with E-state index in [0.29, 0.717) is 25.0 Å². The van der Waals surface area contributed by atoms with E-state index in [2.05, 4.69) is 22.8 Å². The summed E-state index contributed by atoms with van der Waals surface area (Å²) in [5.41, 5.74) is 3.12. The van der Waals surface area contributed by atoms with Crippen molar-refractivity contribution in [3.8, 4) is 11.5 Å². The number of amides is 1. The van der Waals surface area contributed by atoms with Crippen LogP contribution in [0.1, 0.15) is 40.2 Å². The highest BCUT2D eigenvalue weighted by molar-refractivity contribution is 5.98. The summed E-state index contributed by atoms with van der Waals surface area (Å²) < 4.78 is 11.4. The average Bonchev–Trinajstić information content (AvgIpc) is 2.92. The Morgan fingerprint density at radius 1 is 1.04 bits per heavy atom. The second-order valence-corrected chi connectivity index (χ2v) is 7.28. The van der Waals surface area contributed by atoms with E-state index in [1.807, 2.05) is 30.3 Å². The van der Waals surface area contributed by atoms with Gasteiger partial charge < -0.3 is 20.1 Å². The van der Waals surface area contributed by atoms with Crippen LogP contribution < -0.4 is 20.1 Å². The Morgan fingerprint density at radius 2 is 1.79 bits per heavy atom. The number of hydrogen-bond acceptors (Lipinski definition) is 4. The molecule has 2 heterocycles. The number of nitrogens with one attached hydrogen (secondary N) is 2. The second-order valence-electron chi connectivity index (χ2n) is 7.28. The molecule has 4 rings (SSSR count). The van der Waals surface area contributed by atoms with Crippen LogP contribution in [-0.4, -0.2) is 32.7 Å². The Bertz CT molecular complexity index is 810. The number of carbonyl (C=O) groups excluding carboxylic acids is 1. The summed E-state index contributed by atoms with van der Waals surface area (Å²) in [6.07, 6.45) is 2.16. The third-order valence-electron chi connectivity index (χ3n) is 5.67. The zero-order chi connectivity index (χ0) is 18.6. The summed E-state index contributed by atoms with van der Waals surface area (Å²) in [6.45, 7) is 3.29. The van der Waals surface area contributed by atoms with Crippen molar-refractivity contribution in [3.05, 3.63) is 59.2 Å². The fraction of sp³-hybridized carbons (Fsp3) is 0.409. The van der Waals surface area contributed by atoms with Crippen LogP contribution in [0.15, 0.2) is 42.5 Å². The van der Waals surface area contributed by atoms with Gasteiger partial charge in [-0.25, -0.2) is 0 Å². The summed E-state index contributed by atoms with van der Waals surface area (Å²) in [6, 6.07) is 14.2. The van der Waals surface area contributed by atoms with Crippen molar-refractivity contribution in [2.45, 2.75) is 25.3 Å². The topological polar surface area (TPSA) is 59.6 Å². The maximum Gasteiger partial charge on any atom is 0.252 e. The minimum Gasteiger partial charge on any atom is -0.497 e. The van der Waals surface area contributed by atoms with E-state index in [4.69, 9.17) is 9.47 Å². The molecule has 0 radical (unpaired) electrons. The Hall–Kier alpha value is -2.24. The summed E-state index contributed by atoms with van der Waals surface area (Å²) in [7, 11) is 1.69. The molecule has 0 bridgehead atoms. The first-order valence-electron chi connectivity index (χ1n) is 9.63. The maximum atomic E-state index is 11.9. The van der Waals surface area contributed by atoms with Crippen LogP contribution in [0.4, 0.5) is 0 Å². The first kappa shape index (κ1) is 20.5. The van der Waals surface area contributed by atoms with E-state index in [1.165, 1.54) is 5.56 Å². The van der Waals surface area contributed by atoms with Gasteiger partial charge in [0.2, 0.25) is 0 Å². The average molecular weight is 403 g/mol. The summed E-state index contributed by atoms with van der Waals surface area (Å²) in [4.78, 5) is 11.9. The predicted octanol–water partition coefficient (Wildman–Crippen LogP) is 3.52. The highest BCUT2D eigenvalue weighted by Gasteiger charge is 2.26. The molecule has 2 N–H and O–H groups in total. The van der Waals surface area contributed by atoms with Crippen molar-refractivity contribution in [1.29, 1.82) is 0 Å². The molecular weight excluding hydrogens is 376 g/mol. The van der Waals surface area contributed by atoms with Gasteiger partial charge in [-0.1, -0.05) is 18.2 Å². The van der Waals surface area contributed by atoms with Gasteiger partial charge in [-0.15, -0.1) is 12.4 Å². The van der Waals surface area contributed by atoms with E-state index >= 15 is 0 Å². The SMILES string of the molecule is COc1ccc([C@@H]2CCNCC[C@H]2COc2ccc3c(c2)C(=O)NC3)cc1.Cl. The maximum absolute atomic E-state index is 11.9. The van der Waals surface area contributed by atoms with Crippen molar-refractivity contribution >= 4 is 18.3 Å². The second kappa shape index (κ2) is 9.30. The van der Waals surface area contributed by atoms with Gasteiger partial charge in [0.25, 0.3) is 5.91 Å². The number of methoxy groups -OCH3 is 1. The lowest BCUT2D eigenvalue weighted by Crippen LogP contribution is -2.21. The molecule has 28 heavy (non-hydrogen) atoms. The molecular formula is C22H27ClN2O3. The molecule has 1 amide bonds. The lowest BCUT2D eigenvalue weighted by molar-refractivity contribution is 0.0965. The first-order valence-corrected chi connectivity index (χ1v) is 9.63. The fourth-order valence-corrected chi connectivity index (χ4v) is 4.08. The van der Waals surface area contributed by atoms with Crippen LogP contribution in [0.5, 0.6) is 11.5 Å². The van der Waals surface area contributed by atoms with Crippen molar-refractivity contribution in [2.75, 3.05) is 26.8 Å². The number of carbonyl (C=O) groups is 1. The normalized spacial score (nSPS) is 21.1. The molecule has 150 valence electrons. The minimum atomic E-state index is -0.00905. The molecule has 2 aromatic carbocycles. The van der Waals surface area contributed by atoms with Gasteiger partial charge in [0.1, 0.15) is 11.5 Å². The molecule has 2 aromatic rings. The smallest absolute Gasteiger partial charge is 0.252 e. The molecule has 0 aromatic heterocycles. The van der Waals surface area contributed by atoms with E-state index in [9.17, 15) is 4.79 Å². The molecule has 0 spiro atoms. The molecule has 1 fully saturated rings. The highest BCUT2D eigenvalue weighted by Crippen LogP contribution is 2.33. The van der Waals surface area contributed by atoms with Gasteiger partial charge in [-0.05, 0) is 67.2 Å². The molecule has 2 atom stereocenters. The minimum absolute atomic E-state index is 0. The zero-order valence-electron chi connectivity index (χ0n) is 16.1.